The third-order valence-electron chi connectivity index (χ3n) is 1.70. The first-order valence-electron chi connectivity index (χ1n) is 4.09. The lowest BCUT2D eigenvalue weighted by atomic mass is 10.1. The number of alkyl halides is 1. The van der Waals surface area contributed by atoms with Gasteiger partial charge in [-0.25, -0.2) is 4.98 Å². The molecule has 0 radical (unpaired) electrons. The molecule has 0 N–H and O–H groups in total. The van der Waals surface area contributed by atoms with Crippen molar-refractivity contribution < 1.29 is 0 Å². The third kappa shape index (κ3) is 2.21. The first-order chi connectivity index (χ1) is 5.61. The number of aromatic nitrogens is 3. The monoisotopic (exact) mass is 187 g/mol. The highest BCUT2D eigenvalue weighted by atomic mass is 35.5. The lowest BCUT2D eigenvalue weighted by molar-refractivity contribution is 0.545. The first kappa shape index (κ1) is 9.52. The van der Waals surface area contributed by atoms with E-state index in [1.165, 1.54) is 6.33 Å². The molecule has 4 heteroatoms. The summed E-state index contributed by atoms with van der Waals surface area (Å²) in [5.74, 6) is 1.44. The number of nitrogens with zero attached hydrogens (tertiary/aromatic N) is 3. The molecule has 0 spiro atoms. The summed E-state index contributed by atoms with van der Waals surface area (Å²) in [6.45, 7) is 4.29. The van der Waals surface area contributed by atoms with Crippen molar-refractivity contribution in [2.75, 3.05) is 0 Å². The van der Waals surface area contributed by atoms with Crippen LogP contribution in [0.5, 0.6) is 0 Å². The standard InChI is InChI=1S/C8H14ClN3/c1-6(2)4-7(9)8-10-5-11-12(8)3/h5-7H,4H2,1-3H3. The molecule has 0 aliphatic heterocycles. The highest BCUT2D eigenvalue weighted by molar-refractivity contribution is 6.20. The Morgan fingerprint density at radius 3 is 2.67 bits per heavy atom. The van der Waals surface area contributed by atoms with E-state index in [0.717, 1.165) is 12.2 Å². The van der Waals surface area contributed by atoms with Crippen LogP contribution in [0.2, 0.25) is 0 Å². The van der Waals surface area contributed by atoms with Gasteiger partial charge in [0.15, 0.2) is 0 Å². The zero-order valence-corrected chi connectivity index (χ0v) is 8.41. The van der Waals surface area contributed by atoms with Gasteiger partial charge >= 0.3 is 0 Å². The molecule has 1 rings (SSSR count). The second kappa shape index (κ2) is 3.90. The zero-order chi connectivity index (χ0) is 9.14. The van der Waals surface area contributed by atoms with Gasteiger partial charge in [0, 0.05) is 7.05 Å². The van der Waals surface area contributed by atoms with Crippen molar-refractivity contribution in [1.82, 2.24) is 14.8 Å². The summed E-state index contributed by atoms with van der Waals surface area (Å²) >= 11 is 6.12. The van der Waals surface area contributed by atoms with Crippen LogP contribution < -0.4 is 0 Å². The van der Waals surface area contributed by atoms with Gasteiger partial charge in [-0.1, -0.05) is 13.8 Å². The summed E-state index contributed by atoms with van der Waals surface area (Å²) in [7, 11) is 1.86. The van der Waals surface area contributed by atoms with Gasteiger partial charge in [-0.2, -0.15) is 5.10 Å². The van der Waals surface area contributed by atoms with Gasteiger partial charge in [0.05, 0.1) is 5.38 Å². The smallest absolute Gasteiger partial charge is 0.144 e. The molecular weight excluding hydrogens is 174 g/mol. The van der Waals surface area contributed by atoms with E-state index in [4.69, 9.17) is 11.6 Å². The quantitative estimate of drug-likeness (QED) is 0.679. The Balaban J connectivity index is 2.65. The van der Waals surface area contributed by atoms with Crippen molar-refractivity contribution in [3.05, 3.63) is 12.2 Å². The van der Waals surface area contributed by atoms with Crippen LogP contribution >= 0.6 is 11.6 Å². The lowest BCUT2D eigenvalue weighted by Crippen LogP contribution is -2.04. The van der Waals surface area contributed by atoms with E-state index in [9.17, 15) is 0 Å². The van der Waals surface area contributed by atoms with Crippen molar-refractivity contribution in [3.63, 3.8) is 0 Å². The maximum Gasteiger partial charge on any atom is 0.144 e. The van der Waals surface area contributed by atoms with Crippen LogP contribution in [0.3, 0.4) is 0 Å². The van der Waals surface area contributed by atoms with Crippen molar-refractivity contribution in [3.8, 4) is 0 Å². The average Bonchev–Trinajstić information content (AvgIpc) is 2.33. The van der Waals surface area contributed by atoms with E-state index in [0.29, 0.717) is 5.92 Å². The Kier molecular flexibility index (Phi) is 3.09. The second-order valence-corrected chi connectivity index (χ2v) is 3.87. The Labute approximate surface area is 77.8 Å². The molecule has 0 saturated carbocycles. The van der Waals surface area contributed by atoms with E-state index in [1.54, 1.807) is 4.68 Å². The molecule has 0 amide bonds. The van der Waals surface area contributed by atoms with E-state index in [-0.39, 0.29) is 5.38 Å². The van der Waals surface area contributed by atoms with Gasteiger partial charge in [0.2, 0.25) is 0 Å². The highest BCUT2D eigenvalue weighted by Crippen LogP contribution is 2.24. The van der Waals surface area contributed by atoms with Gasteiger partial charge in [0.25, 0.3) is 0 Å². The topological polar surface area (TPSA) is 30.7 Å². The van der Waals surface area contributed by atoms with Crippen LogP contribution in [0.4, 0.5) is 0 Å². The molecule has 3 nitrogen and oxygen atoms in total. The summed E-state index contributed by atoms with van der Waals surface area (Å²) in [5, 5.41) is 3.95. The number of halogens is 1. The molecule has 68 valence electrons. The van der Waals surface area contributed by atoms with Crippen molar-refractivity contribution >= 4 is 11.6 Å². The molecular formula is C8H14ClN3. The van der Waals surface area contributed by atoms with E-state index < -0.39 is 0 Å². The molecule has 0 aliphatic rings. The fourth-order valence-corrected chi connectivity index (χ4v) is 1.66. The number of hydrogen-bond donors (Lipinski definition) is 0. The van der Waals surface area contributed by atoms with Crippen LogP contribution in [-0.4, -0.2) is 14.8 Å². The number of aryl methyl sites for hydroxylation is 1. The Morgan fingerprint density at radius 2 is 2.25 bits per heavy atom. The van der Waals surface area contributed by atoms with Crippen LogP contribution in [0.15, 0.2) is 6.33 Å². The predicted octanol–water partition coefficient (Wildman–Crippen LogP) is 2.14. The average molecular weight is 188 g/mol. The van der Waals surface area contributed by atoms with Gasteiger partial charge in [0.1, 0.15) is 12.2 Å². The Morgan fingerprint density at radius 1 is 1.58 bits per heavy atom. The molecule has 1 aromatic rings. The maximum absolute atomic E-state index is 6.12. The molecule has 1 aromatic heterocycles. The van der Waals surface area contributed by atoms with Crippen molar-refractivity contribution in [2.24, 2.45) is 13.0 Å². The van der Waals surface area contributed by atoms with Gasteiger partial charge in [-0.3, -0.25) is 4.68 Å². The zero-order valence-electron chi connectivity index (χ0n) is 7.66. The molecule has 1 atom stereocenters. The Hall–Kier alpha value is -0.570. The fraction of sp³-hybridized carbons (Fsp3) is 0.750. The minimum Gasteiger partial charge on any atom is -0.252 e. The van der Waals surface area contributed by atoms with Crippen LogP contribution in [-0.2, 0) is 7.05 Å². The molecule has 1 heterocycles. The molecule has 12 heavy (non-hydrogen) atoms. The van der Waals surface area contributed by atoms with Crippen LogP contribution in [0.25, 0.3) is 0 Å². The summed E-state index contributed by atoms with van der Waals surface area (Å²) in [6, 6.07) is 0. The number of hydrogen-bond acceptors (Lipinski definition) is 2. The van der Waals surface area contributed by atoms with Gasteiger partial charge in [-0.15, -0.1) is 11.6 Å². The third-order valence-corrected chi connectivity index (χ3v) is 2.08. The minimum absolute atomic E-state index is 0.0162. The molecule has 0 fully saturated rings. The maximum atomic E-state index is 6.12. The largest absolute Gasteiger partial charge is 0.252 e. The normalized spacial score (nSPS) is 13.8. The number of rotatable bonds is 3. The highest BCUT2D eigenvalue weighted by Gasteiger charge is 2.14. The fourth-order valence-electron chi connectivity index (χ4n) is 1.11. The first-order valence-corrected chi connectivity index (χ1v) is 4.53. The summed E-state index contributed by atoms with van der Waals surface area (Å²) in [5.41, 5.74) is 0. The van der Waals surface area contributed by atoms with Gasteiger partial charge < -0.3 is 0 Å². The van der Waals surface area contributed by atoms with E-state index in [2.05, 4.69) is 23.9 Å². The molecule has 0 aromatic carbocycles. The van der Waals surface area contributed by atoms with E-state index in [1.807, 2.05) is 7.05 Å². The van der Waals surface area contributed by atoms with Crippen LogP contribution in [0, 0.1) is 5.92 Å². The van der Waals surface area contributed by atoms with Crippen LogP contribution in [0.1, 0.15) is 31.5 Å². The second-order valence-electron chi connectivity index (χ2n) is 3.34. The summed E-state index contributed by atoms with van der Waals surface area (Å²) in [4.78, 5) is 4.09. The molecule has 0 bridgehead atoms. The SMILES string of the molecule is CC(C)CC(Cl)c1ncnn1C. The van der Waals surface area contributed by atoms with Crippen molar-refractivity contribution in [1.29, 1.82) is 0 Å². The summed E-state index contributed by atoms with van der Waals surface area (Å²) < 4.78 is 1.72. The van der Waals surface area contributed by atoms with Gasteiger partial charge in [-0.05, 0) is 12.3 Å². The molecule has 1 unspecified atom stereocenters. The summed E-state index contributed by atoms with van der Waals surface area (Å²) in [6.07, 6.45) is 2.47. The minimum atomic E-state index is -0.0162. The molecule has 0 saturated heterocycles. The predicted molar refractivity (Wildman–Crippen MR) is 49.1 cm³/mol. The van der Waals surface area contributed by atoms with Crippen molar-refractivity contribution in [2.45, 2.75) is 25.6 Å². The Bertz CT molecular complexity index is 244. The lowest BCUT2D eigenvalue weighted by Gasteiger charge is -2.10. The van der Waals surface area contributed by atoms with E-state index >= 15 is 0 Å². The molecule has 0 aliphatic carbocycles.